The van der Waals surface area contributed by atoms with Crippen LogP contribution in [0.4, 0.5) is 0 Å². The Morgan fingerprint density at radius 1 is 0.750 bits per heavy atom. The van der Waals surface area contributed by atoms with Crippen molar-refractivity contribution in [1.29, 1.82) is 0 Å². The number of methoxy groups -OCH3 is 2. The van der Waals surface area contributed by atoms with E-state index in [9.17, 15) is 0 Å². The van der Waals surface area contributed by atoms with Gasteiger partial charge in [-0.05, 0) is 55.6 Å². The van der Waals surface area contributed by atoms with Gasteiger partial charge in [-0.15, -0.1) is 0 Å². The minimum Gasteiger partial charge on any atom is -0.493 e. The maximum absolute atomic E-state index is 5.97. The van der Waals surface area contributed by atoms with Crippen molar-refractivity contribution in [1.82, 2.24) is 0 Å². The van der Waals surface area contributed by atoms with E-state index in [1.165, 1.54) is 0 Å². The van der Waals surface area contributed by atoms with E-state index < -0.39 is 0 Å². The molecule has 0 N–H and O–H groups in total. The number of fused-ring (bicyclic) bond motifs is 2. The van der Waals surface area contributed by atoms with Crippen molar-refractivity contribution in [3.8, 4) is 22.8 Å². The van der Waals surface area contributed by atoms with Crippen LogP contribution in [0.1, 0.15) is 11.5 Å². The summed E-state index contributed by atoms with van der Waals surface area (Å²) >= 11 is 0. The Morgan fingerprint density at radius 2 is 1.50 bits per heavy atom. The van der Waals surface area contributed by atoms with Crippen LogP contribution in [-0.4, -0.2) is 14.2 Å². The van der Waals surface area contributed by atoms with E-state index in [4.69, 9.17) is 18.3 Å². The molecular weight excluding hydrogens is 304 g/mol. The van der Waals surface area contributed by atoms with Crippen LogP contribution in [0.3, 0.4) is 0 Å². The number of aryl methyl sites for hydroxylation is 2. The van der Waals surface area contributed by atoms with E-state index in [0.29, 0.717) is 11.5 Å². The molecule has 2 heterocycles. The first-order chi connectivity index (χ1) is 11.6. The Labute approximate surface area is 139 Å². The lowest BCUT2D eigenvalue weighted by molar-refractivity contribution is 0.356. The SMILES string of the molecule is COc1cc2cc3cc(C)oc3c(-c3ccc(C)o3)c2cc1OC. The molecule has 0 unspecified atom stereocenters. The van der Waals surface area contributed by atoms with Gasteiger partial charge in [-0.3, -0.25) is 0 Å². The lowest BCUT2D eigenvalue weighted by Gasteiger charge is -2.12. The second kappa shape index (κ2) is 5.34. The molecule has 0 aliphatic rings. The summed E-state index contributed by atoms with van der Waals surface area (Å²) in [4.78, 5) is 0. The van der Waals surface area contributed by atoms with E-state index in [2.05, 4.69) is 6.07 Å². The van der Waals surface area contributed by atoms with Crippen molar-refractivity contribution in [3.63, 3.8) is 0 Å². The van der Waals surface area contributed by atoms with Crippen LogP contribution in [0.25, 0.3) is 33.1 Å². The van der Waals surface area contributed by atoms with Crippen molar-refractivity contribution in [2.75, 3.05) is 14.2 Å². The summed E-state index contributed by atoms with van der Waals surface area (Å²) in [6.45, 7) is 3.88. The van der Waals surface area contributed by atoms with Gasteiger partial charge in [0.1, 0.15) is 22.9 Å². The Morgan fingerprint density at radius 3 is 2.17 bits per heavy atom. The molecule has 0 aliphatic carbocycles. The topological polar surface area (TPSA) is 44.7 Å². The van der Waals surface area contributed by atoms with Crippen LogP contribution in [0.15, 0.2) is 45.2 Å². The predicted octanol–water partition coefficient (Wildman–Crippen LogP) is 5.48. The standard InChI is InChI=1S/C20H18O4/c1-11-5-6-16(23-11)19-15-10-18(22-4)17(21-3)9-13(15)8-14-7-12(2)24-20(14)19/h5-10H,1-4H3. The summed E-state index contributed by atoms with van der Waals surface area (Å²) in [6.07, 6.45) is 0. The van der Waals surface area contributed by atoms with Gasteiger partial charge in [0, 0.05) is 10.8 Å². The van der Waals surface area contributed by atoms with Crippen LogP contribution in [-0.2, 0) is 0 Å². The number of hydrogen-bond donors (Lipinski definition) is 0. The fourth-order valence-electron chi connectivity index (χ4n) is 3.17. The van der Waals surface area contributed by atoms with Crippen LogP contribution < -0.4 is 9.47 Å². The molecule has 24 heavy (non-hydrogen) atoms. The second-order valence-electron chi connectivity index (χ2n) is 5.87. The van der Waals surface area contributed by atoms with Gasteiger partial charge in [0.05, 0.1) is 19.8 Å². The van der Waals surface area contributed by atoms with Gasteiger partial charge in [0.2, 0.25) is 0 Å². The van der Waals surface area contributed by atoms with Crippen molar-refractivity contribution in [2.45, 2.75) is 13.8 Å². The molecule has 0 radical (unpaired) electrons. The fourth-order valence-corrected chi connectivity index (χ4v) is 3.17. The first-order valence-electron chi connectivity index (χ1n) is 7.76. The normalized spacial score (nSPS) is 11.3. The molecular formula is C20H18O4. The minimum atomic E-state index is 0.678. The van der Waals surface area contributed by atoms with Gasteiger partial charge in [-0.25, -0.2) is 0 Å². The average molecular weight is 322 g/mol. The zero-order chi connectivity index (χ0) is 16.8. The molecule has 0 atom stereocenters. The van der Waals surface area contributed by atoms with E-state index >= 15 is 0 Å². The van der Waals surface area contributed by atoms with Gasteiger partial charge < -0.3 is 18.3 Å². The molecule has 4 heteroatoms. The molecule has 4 aromatic rings. The predicted molar refractivity (Wildman–Crippen MR) is 94.0 cm³/mol. The summed E-state index contributed by atoms with van der Waals surface area (Å²) < 4.78 is 22.8. The Balaban J connectivity index is 2.17. The van der Waals surface area contributed by atoms with E-state index in [-0.39, 0.29) is 0 Å². The van der Waals surface area contributed by atoms with E-state index in [1.807, 2.05) is 44.2 Å². The first-order valence-corrected chi connectivity index (χ1v) is 7.76. The number of benzene rings is 2. The smallest absolute Gasteiger partial charge is 0.161 e. The highest BCUT2D eigenvalue weighted by atomic mass is 16.5. The molecule has 0 spiro atoms. The van der Waals surface area contributed by atoms with Crippen LogP contribution in [0.2, 0.25) is 0 Å². The highest BCUT2D eigenvalue weighted by Gasteiger charge is 2.18. The molecule has 4 nitrogen and oxygen atoms in total. The molecule has 0 amide bonds. The molecule has 122 valence electrons. The number of hydrogen-bond acceptors (Lipinski definition) is 4. The quantitative estimate of drug-likeness (QED) is 0.501. The Hall–Kier alpha value is -2.88. The number of rotatable bonds is 3. The second-order valence-corrected chi connectivity index (χ2v) is 5.87. The maximum Gasteiger partial charge on any atom is 0.161 e. The minimum absolute atomic E-state index is 0.678. The van der Waals surface area contributed by atoms with Crippen molar-refractivity contribution < 1.29 is 18.3 Å². The molecule has 0 saturated carbocycles. The molecule has 2 aromatic heterocycles. The van der Waals surface area contributed by atoms with Crippen molar-refractivity contribution >= 4 is 21.7 Å². The first kappa shape index (κ1) is 14.7. The number of ether oxygens (including phenoxy) is 2. The molecule has 0 aliphatic heterocycles. The highest BCUT2D eigenvalue weighted by Crippen LogP contribution is 2.42. The third kappa shape index (κ3) is 2.14. The van der Waals surface area contributed by atoms with Gasteiger partial charge in [-0.1, -0.05) is 0 Å². The summed E-state index contributed by atoms with van der Waals surface area (Å²) in [5.41, 5.74) is 1.76. The van der Waals surface area contributed by atoms with Gasteiger partial charge in [0.15, 0.2) is 11.5 Å². The Bertz CT molecular complexity index is 1050. The van der Waals surface area contributed by atoms with E-state index in [0.717, 1.165) is 44.6 Å². The summed E-state index contributed by atoms with van der Waals surface area (Å²) in [7, 11) is 3.27. The number of furan rings is 2. The summed E-state index contributed by atoms with van der Waals surface area (Å²) in [6, 6.07) is 12.0. The molecule has 2 aromatic carbocycles. The lowest BCUT2D eigenvalue weighted by atomic mass is 9.99. The molecule has 0 saturated heterocycles. The van der Waals surface area contributed by atoms with Crippen LogP contribution >= 0.6 is 0 Å². The summed E-state index contributed by atoms with van der Waals surface area (Å²) in [5, 5.41) is 3.09. The fraction of sp³-hybridized carbons (Fsp3) is 0.200. The third-order valence-electron chi connectivity index (χ3n) is 4.23. The summed E-state index contributed by atoms with van der Waals surface area (Å²) in [5.74, 6) is 3.88. The average Bonchev–Trinajstić information content (AvgIpc) is 3.15. The lowest BCUT2D eigenvalue weighted by Crippen LogP contribution is -1.91. The molecule has 0 fully saturated rings. The van der Waals surface area contributed by atoms with E-state index in [1.54, 1.807) is 14.2 Å². The highest BCUT2D eigenvalue weighted by molar-refractivity contribution is 6.10. The maximum atomic E-state index is 5.97. The van der Waals surface area contributed by atoms with Crippen LogP contribution in [0.5, 0.6) is 11.5 Å². The van der Waals surface area contributed by atoms with Gasteiger partial charge in [0.25, 0.3) is 0 Å². The monoisotopic (exact) mass is 322 g/mol. The zero-order valence-corrected chi connectivity index (χ0v) is 14.1. The Kier molecular flexibility index (Phi) is 3.27. The van der Waals surface area contributed by atoms with Crippen LogP contribution in [0, 0.1) is 13.8 Å². The van der Waals surface area contributed by atoms with Crippen molar-refractivity contribution in [2.24, 2.45) is 0 Å². The zero-order valence-electron chi connectivity index (χ0n) is 14.1. The van der Waals surface area contributed by atoms with Gasteiger partial charge >= 0.3 is 0 Å². The third-order valence-corrected chi connectivity index (χ3v) is 4.23. The largest absolute Gasteiger partial charge is 0.493 e. The van der Waals surface area contributed by atoms with Crippen molar-refractivity contribution in [3.05, 3.63) is 47.9 Å². The van der Waals surface area contributed by atoms with Gasteiger partial charge in [-0.2, -0.15) is 0 Å². The molecule has 0 bridgehead atoms. The molecule has 4 rings (SSSR count).